The van der Waals surface area contributed by atoms with Gasteiger partial charge in [-0.1, -0.05) is 0 Å². The highest BCUT2D eigenvalue weighted by Crippen LogP contribution is 2.05. The zero-order valence-electron chi connectivity index (χ0n) is 8.46. The van der Waals surface area contributed by atoms with Crippen molar-refractivity contribution in [2.45, 2.75) is 12.8 Å². The SMILES string of the molecule is NCCN1CCCN(CC(F)F)CC1. The summed E-state index contributed by atoms with van der Waals surface area (Å²) < 4.78 is 24.2. The number of nitrogens with zero attached hydrogens (tertiary/aromatic N) is 2. The van der Waals surface area contributed by atoms with Gasteiger partial charge in [-0.3, -0.25) is 4.90 Å². The van der Waals surface area contributed by atoms with E-state index in [1.807, 2.05) is 4.90 Å². The zero-order valence-corrected chi connectivity index (χ0v) is 8.46. The van der Waals surface area contributed by atoms with Crippen LogP contribution in [0.15, 0.2) is 0 Å². The normalized spacial score (nSPS) is 21.4. The van der Waals surface area contributed by atoms with Gasteiger partial charge < -0.3 is 10.6 Å². The summed E-state index contributed by atoms with van der Waals surface area (Å²) in [6, 6.07) is 0. The third-order valence-electron chi connectivity index (χ3n) is 2.52. The Labute approximate surface area is 83.8 Å². The third kappa shape index (κ3) is 4.30. The van der Waals surface area contributed by atoms with Crippen molar-refractivity contribution in [1.82, 2.24) is 9.80 Å². The second-order valence-electron chi connectivity index (χ2n) is 3.68. The molecule has 0 aromatic rings. The van der Waals surface area contributed by atoms with Crippen molar-refractivity contribution in [3.8, 4) is 0 Å². The molecule has 0 atom stereocenters. The number of halogens is 2. The Balaban J connectivity index is 2.25. The molecule has 1 rings (SSSR count). The van der Waals surface area contributed by atoms with Gasteiger partial charge >= 0.3 is 0 Å². The molecule has 0 unspecified atom stereocenters. The maximum atomic E-state index is 12.1. The molecule has 0 spiro atoms. The number of rotatable bonds is 4. The predicted octanol–water partition coefficient (Wildman–Crippen LogP) is 0.218. The van der Waals surface area contributed by atoms with Crippen molar-refractivity contribution < 1.29 is 8.78 Å². The summed E-state index contributed by atoms with van der Waals surface area (Å²) in [5.41, 5.74) is 5.45. The molecule has 0 amide bonds. The van der Waals surface area contributed by atoms with Crippen LogP contribution in [0.4, 0.5) is 8.78 Å². The van der Waals surface area contributed by atoms with E-state index in [1.165, 1.54) is 0 Å². The Morgan fingerprint density at radius 1 is 1.07 bits per heavy atom. The molecule has 0 radical (unpaired) electrons. The van der Waals surface area contributed by atoms with E-state index in [-0.39, 0.29) is 6.54 Å². The van der Waals surface area contributed by atoms with Crippen LogP contribution in [0.5, 0.6) is 0 Å². The van der Waals surface area contributed by atoms with Crippen LogP contribution in [0.3, 0.4) is 0 Å². The molecule has 2 N–H and O–H groups in total. The molecule has 0 aliphatic carbocycles. The van der Waals surface area contributed by atoms with Gasteiger partial charge in [0.2, 0.25) is 0 Å². The van der Waals surface area contributed by atoms with Gasteiger partial charge in [0.05, 0.1) is 6.54 Å². The molecule has 0 saturated carbocycles. The Hall–Kier alpha value is -0.260. The van der Waals surface area contributed by atoms with Crippen molar-refractivity contribution in [2.75, 3.05) is 45.8 Å². The van der Waals surface area contributed by atoms with E-state index in [4.69, 9.17) is 5.73 Å². The first-order valence-electron chi connectivity index (χ1n) is 5.15. The highest BCUT2D eigenvalue weighted by molar-refractivity contribution is 4.70. The summed E-state index contributed by atoms with van der Waals surface area (Å²) in [6.45, 7) is 4.81. The summed E-state index contributed by atoms with van der Waals surface area (Å²) in [6.07, 6.45) is -1.25. The van der Waals surface area contributed by atoms with Crippen molar-refractivity contribution >= 4 is 0 Å². The molecule has 1 heterocycles. The quantitative estimate of drug-likeness (QED) is 0.715. The fourth-order valence-electron chi connectivity index (χ4n) is 1.81. The van der Waals surface area contributed by atoms with Gasteiger partial charge in [-0.05, 0) is 19.5 Å². The van der Waals surface area contributed by atoms with E-state index in [2.05, 4.69) is 4.90 Å². The fourth-order valence-corrected chi connectivity index (χ4v) is 1.81. The predicted molar refractivity (Wildman–Crippen MR) is 52.6 cm³/mol. The van der Waals surface area contributed by atoms with Gasteiger partial charge in [-0.15, -0.1) is 0 Å². The van der Waals surface area contributed by atoms with Gasteiger partial charge in [0, 0.05) is 26.2 Å². The average Bonchev–Trinajstić information content (AvgIpc) is 2.31. The lowest BCUT2D eigenvalue weighted by molar-refractivity contribution is 0.0899. The molecule has 14 heavy (non-hydrogen) atoms. The van der Waals surface area contributed by atoms with E-state index in [1.54, 1.807) is 0 Å². The highest BCUT2D eigenvalue weighted by atomic mass is 19.3. The summed E-state index contributed by atoms with van der Waals surface area (Å²) in [5, 5.41) is 0. The first-order chi connectivity index (χ1) is 6.72. The molecule has 0 aromatic heterocycles. The third-order valence-corrected chi connectivity index (χ3v) is 2.52. The molecular formula is C9H19F2N3. The zero-order chi connectivity index (χ0) is 10.4. The molecular weight excluding hydrogens is 188 g/mol. The monoisotopic (exact) mass is 207 g/mol. The molecule has 0 aromatic carbocycles. The summed E-state index contributed by atoms with van der Waals surface area (Å²) in [4.78, 5) is 4.08. The Bertz CT molecular complexity index is 155. The first kappa shape index (κ1) is 11.8. The standard InChI is InChI=1S/C9H19F2N3/c10-9(11)8-14-4-1-3-13(5-2-12)6-7-14/h9H,1-8,12H2. The summed E-state index contributed by atoms with van der Waals surface area (Å²) in [7, 11) is 0. The molecule has 0 bridgehead atoms. The lowest BCUT2D eigenvalue weighted by atomic mass is 10.4. The topological polar surface area (TPSA) is 32.5 Å². The number of nitrogens with two attached hydrogens (primary N) is 1. The minimum absolute atomic E-state index is 0.0868. The van der Waals surface area contributed by atoms with Crippen LogP contribution in [0.25, 0.3) is 0 Å². The molecule has 5 heteroatoms. The van der Waals surface area contributed by atoms with Crippen LogP contribution in [0, 0.1) is 0 Å². The Kier molecular flexibility index (Phi) is 5.29. The van der Waals surface area contributed by atoms with E-state index >= 15 is 0 Å². The number of alkyl halides is 2. The molecule has 1 aliphatic heterocycles. The lowest BCUT2D eigenvalue weighted by Gasteiger charge is -2.20. The second kappa shape index (κ2) is 6.27. The minimum Gasteiger partial charge on any atom is -0.329 e. The van der Waals surface area contributed by atoms with Crippen molar-refractivity contribution in [3.63, 3.8) is 0 Å². The maximum absolute atomic E-state index is 12.1. The fraction of sp³-hybridized carbons (Fsp3) is 1.00. The minimum atomic E-state index is -2.21. The molecule has 84 valence electrons. The number of hydrogen-bond acceptors (Lipinski definition) is 3. The Morgan fingerprint density at radius 3 is 2.36 bits per heavy atom. The van der Waals surface area contributed by atoms with Crippen molar-refractivity contribution in [1.29, 1.82) is 0 Å². The largest absolute Gasteiger partial charge is 0.329 e. The van der Waals surface area contributed by atoms with Crippen LogP contribution < -0.4 is 5.73 Å². The lowest BCUT2D eigenvalue weighted by Crippen LogP contribution is -2.35. The second-order valence-corrected chi connectivity index (χ2v) is 3.68. The Morgan fingerprint density at radius 2 is 1.71 bits per heavy atom. The van der Waals surface area contributed by atoms with Crippen molar-refractivity contribution in [2.24, 2.45) is 5.73 Å². The summed E-state index contributed by atoms with van der Waals surface area (Å²) >= 11 is 0. The molecule has 1 aliphatic rings. The van der Waals surface area contributed by atoms with E-state index < -0.39 is 6.43 Å². The summed E-state index contributed by atoms with van der Waals surface area (Å²) in [5.74, 6) is 0. The smallest absolute Gasteiger partial charge is 0.251 e. The van der Waals surface area contributed by atoms with Crippen LogP contribution in [-0.2, 0) is 0 Å². The van der Waals surface area contributed by atoms with Gasteiger partial charge in [0.1, 0.15) is 0 Å². The van der Waals surface area contributed by atoms with E-state index in [0.717, 1.165) is 39.1 Å². The van der Waals surface area contributed by atoms with Gasteiger partial charge in [0.15, 0.2) is 0 Å². The van der Waals surface area contributed by atoms with Crippen molar-refractivity contribution in [3.05, 3.63) is 0 Å². The number of hydrogen-bond donors (Lipinski definition) is 1. The molecule has 1 fully saturated rings. The van der Waals surface area contributed by atoms with E-state index in [9.17, 15) is 8.78 Å². The molecule has 1 saturated heterocycles. The molecule has 3 nitrogen and oxygen atoms in total. The van der Waals surface area contributed by atoms with Crippen LogP contribution in [0.1, 0.15) is 6.42 Å². The van der Waals surface area contributed by atoms with E-state index in [0.29, 0.717) is 6.54 Å². The van der Waals surface area contributed by atoms with Gasteiger partial charge in [-0.25, -0.2) is 8.78 Å². The van der Waals surface area contributed by atoms with Crippen LogP contribution in [0.2, 0.25) is 0 Å². The van der Waals surface area contributed by atoms with Gasteiger partial charge in [-0.2, -0.15) is 0 Å². The maximum Gasteiger partial charge on any atom is 0.251 e. The average molecular weight is 207 g/mol. The first-order valence-corrected chi connectivity index (χ1v) is 5.15. The van der Waals surface area contributed by atoms with Crippen LogP contribution >= 0.6 is 0 Å². The van der Waals surface area contributed by atoms with Crippen LogP contribution in [-0.4, -0.2) is 62.0 Å². The van der Waals surface area contributed by atoms with Gasteiger partial charge in [0.25, 0.3) is 6.43 Å². The highest BCUT2D eigenvalue weighted by Gasteiger charge is 2.16.